The van der Waals surface area contributed by atoms with Crippen LogP contribution in [0.1, 0.15) is 54.9 Å². The number of aliphatic carboxylic acids is 1. The number of carbonyl (C=O) groups is 2. The van der Waals surface area contributed by atoms with E-state index >= 15 is 0 Å². The van der Waals surface area contributed by atoms with Crippen molar-refractivity contribution in [3.63, 3.8) is 0 Å². The van der Waals surface area contributed by atoms with Crippen molar-refractivity contribution in [3.05, 3.63) is 16.6 Å². The Morgan fingerprint density at radius 1 is 1.39 bits per heavy atom. The third kappa shape index (κ3) is 2.73. The fraction of sp³-hybridized carbons (Fsp3) is 0.562. The molecule has 2 aromatic rings. The van der Waals surface area contributed by atoms with Gasteiger partial charge in [0.25, 0.3) is 5.91 Å². The molecule has 2 aromatic heterocycles. The average molecular weight is 335 g/mol. The van der Waals surface area contributed by atoms with Crippen LogP contribution in [0.15, 0.2) is 6.07 Å². The van der Waals surface area contributed by atoms with E-state index in [0.717, 1.165) is 28.8 Å². The van der Waals surface area contributed by atoms with Crippen molar-refractivity contribution in [2.75, 3.05) is 0 Å². The van der Waals surface area contributed by atoms with Crippen LogP contribution in [-0.2, 0) is 11.8 Å². The first-order valence-electron chi connectivity index (χ1n) is 7.83. The molecule has 1 N–H and O–H groups in total. The topological polar surface area (TPSA) is 75.4 Å². The van der Waals surface area contributed by atoms with Crippen LogP contribution in [0.5, 0.6) is 0 Å². The van der Waals surface area contributed by atoms with E-state index in [2.05, 4.69) is 18.9 Å². The fourth-order valence-corrected chi connectivity index (χ4v) is 3.88. The Morgan fingerprint density at radius 2 is 2.04 bits per heavy atom. The number of aryl methyl sites for hydroxylation is 1. The van der Waals surface area contributed by atoms with Crippen LogP contribution in [0.3, 0.4) is 0 Å². The second-order valence-electron chi connectivity index (χ2n) is 6.45. The van der Waals surface area contributed by atoms with Gasteiger partial charge in [-0.15, -0.1) is 11.3 Å². The molecule has 1 aliphatic carbocycles. The van der Waals surface area contributed by atoms with Gasteiger partial charge in [0.05, 0.1) is 10.6 Å². The highest BCUT2D eigenvalue weighted by molar-refractivity contribution is 7.20. The van der Waals surface area contributed by atoms with Gasteiger partial charge < -0.3 is 10.0 Å². The van der Waals surface area contributed by atoms with Crippen molar-refractivity contribution in [2.24, 2.45) is 7.05 Å². The zero-order valence-electron chi connectivity index (χ0n) is 13.7. The summed E-state index contributed by atoms with van der Waals surface area (Å²) in [6.45, 7) is 5.72. The normalized spacial score (nSPS) is 16.0. The van der Waals surface area contributed by atoms with Gasteiger partial charge >= 0.3 is 5.97 Å². The van der Waals surface area contributed by atoms with Crippen LogP contribution in [0, 0.1) is 0 Å². The van der Waals surface area contributed by atoms with Gasteiger partial charge in [0.15, 0.2) is 0 Å². The third-order valence-electron chi connectivity index (χ3n) is 4.25. The lowest BCUT2D eigenvalue weighted by molar-refractivity contribution is -0.141. The van der Waals surface area contributed by atoms with Crippen LogP contribution >= 0.6 is 11.3 Å². The van der Waals surface area contributed by atoms with Crippen molar-refractivity contribution in [2.45, 2.75) is 51.6 Å². The first-order valence-corrected chi connectivity index (χ1v) is 8.64. The average Bonchev–Trinajstić information content (AvgIpc) is 3.12. The summed E-state index contributed by atoms with van der Waals surface area (Å²) >= 11 is 1.39. The number of nitrogens with zero attached hydrogens (tertiary/aromatic N) is 3. The van der Waals surface area contributed by atoms with E-state index in [-0.39, 0.29) is 17.9 Å². The molecule has 3 rings (SSSR count). The standard InChI is InChI=1S/C16H21N3O3S/c1-8(2)13-11-7-12(23-15(11)18(4)17-13)14(20)19(10-5-6-10)9(3)16(21)22/h7-10H,5-6H2,1-4H3,(H,21,22). The summed E-state index contributed by atoms with van der Waals surface area (Å²) in [5.41, 5.74) is 0.974. The van der Waals surface area contributed by atoms with E-state index in [1.165, 1.54) is 16.2 Å². The molecule has 0 aromatic carbocycles. The molecule has 1 amide bonds. The number of amides is 1. The van der Waals surface area contributed by atoms with Gasteiger partial charge in [-0.25, -0.2) is 4.79 Å². The lowest BCUT2D eigenvalue weighted by Gasteiger charge is -2.25. The summed E-state index contributed by atoms with van der Waals surface area (Å²) in [5.74, 6) is -0.872. The van der Waals surface area contributed by atoms with E-state index in [9.17, 15) is 14.7 Å². The van der Waals surface area contributed by atoms with E-state index in [1.807, 2.05) is 13.1 Å². The van der Waals surface area contributed by atoms with E-state index in [1.54, 1.807) is 11.6 Å². The summed E-state index contributed by atoms with van der Waals surface area (Å²) < 4.78 is 1.80. The predicted octanol–water partition coefficient (Wildman–Crippen LogP) is 2.84. The molecule has 124 valence electrons. The fourth-order valence-electron chi connectivity index (χ4n) is 2.85. The third-order valence-corrected chi connectivity index (χ3v) is 5.44. The molecular weight excluding hydrogens is 314 g/mol. The Hall–Kier alpha value is -1.89. The zero-order chi connectivity index (χ0) is 16.9. The highest BCUT2D eigenvalue weighted by Gasteiger charge is 2.39. The number of carbonyl (C=O) groups excluding carboxylic acids is 1. The van der Waals surface area contributed by atoms with Crippen LogP contribution in [-0.4, -0.2) is 43.7 Å². The Kier molecular flexibility index (Phi) is 3.91. The maximum Gasteiger partial charge on any atom is 0.326 e. The van der Waals surface area contributed by atoms with E-state index in [0.29, 0.717) is 4.88 Å². The predicted molar refractivity (Wildman–Crippen MR) is 89.0 cm³/mol. The quantitative estimate of drug-likeness (QED) is 0.911. The van der Waals surface area contributed by atoms with E-state index < -0.39 is 12.0 Å². The molecule has 1 unspecified atom stereocenters. The van der Waals surface area contributed by atoms with E-state index in [4.69, 9.17) is 0 Å². The maximum atomic E-state index is 12.9. The van der Waals surface area contributed by atoms with Crippen molar-refractivity contribution < 1.29 is 14.7 Å². The first-order chi connectivity index (χ1) is 10.8. The molecule has 0 radical (unpaired) electrons. The monoisotopic (exact) mass is 335 g/mol. The van der Waals surface area contributed by atoms with Crippen LogP contribution in [0.2, 0.25) is 0 Å². The van der Waals surface area contributed by atoms with Crippen molar-refractivity contribution in [1.82, 2.24) is 14.7 Å². The van der Waals surface area contributed by atoms with Gasteiger partial charge in [-0.2, -0.15) is 5.10 Å². The molecule has 6 nitrogen and oxygen atoms in total. The lowest BCUT2D eigenvalue weighted by atomic mass is 10.1. The number of hydrogen-bond acceptors (Lipinski definition) is 4. The highest BCUT2D eigenvalue weighted by Crippen LogP contribution is 2.35. The molecule has 7 heteroatoms. The van der Waals surface area contributed by atoms with Gasteiger partial charge in [0.1, 0.15) is 10.9 Å². The number of fused-ring (bicyclic) bond motifs is 1. The summed E-state index contributed by atoms with van der Waals surface area (Å²) in [4.78, 5) is 27.3. The molecular formula is C16H21N3O3S. The Balaban J connectivity index is 2.00. The number of carboxylic acid groups (broad SMARTS) is 1. The second kappa shape index (κ2) is 5.63. The minimum absolute atomic E-state index is 0.0570. The molecule has 0 aliphatic heterocycles. The summed E-state index contributed by atoms with van der Waals surface area (Å²) in [5, 5.41) is 14.8. The van der Waals surface area contributed by atoms with Crippen LogP contribution in [0.25, 0.3) is 10.2 Å². The number of rotatable bonds is 5. The molecule has 1 fully saturated rings. The maximum absolute atomic E-state index is 12.9. The molecule has 0 spiro atoms. The smallest absolute Gasteiger partial charge is 0.326 e. The van der Waals surface area contributed by atoms with Gasteiger partial charge in [-0.1, -0.05) is 13.8 Å². The molecule has 2 heterocycles. The molecule has 1 atom stereocenters. The largest absolute Gasteiger partial charge is 0.480 e. The Bertz CT molecular complexity index is 773. The van der Waals surface area contributed by atoms with Crippen molar-refractivity contribution in [3.8, 4) is 0 Å². The molecule has 0 saturated heterocycles. The molecule has 0 bridgehead atoms. The summed E-state index contributed by atoms with van der Waals surface area (Å²) in [6, 6.07) is 1.12. The van der Waals surface area contributed by atoms with Crippen LogP contribution < -0.4 is 0 Å². The van der Waals surface area contributed by atoms with Gasteiger partial charge in [0, 0.05) is 18.5 Å². The van der Waals surface area contributed by atoms with Crippen molar-refractivity contribution in [1.29, 1.82) is 0 Å². The lowest BCUT2D eigenvalue weighted by Crippen LogP contribution is -2.44. The number of hydrogen-bond donors (Lipinski definition) is 1. The number of carboxylic acids is 1. The summed E-state index contributed by atoms with van der Waals surface area (Å²) in [7, 11) is 1.87. The summed E-state index contributed by atoms with van der Waals surface area (Å²) in [6.07, 6.45) is 1.76. The van der Waals surface area contributed by atoms with Gasteiger partial charge in [0.2, 0.25) is 0 Å². The molecule has 23 heavy (non-hydrogen) atoms. The van der Waals surface area contributed by atoms with Crippen LogP contribution in [0.4, 0.5) is 0 Å². The minimum Gasteiger partial charge on any atom is -0.480 e. The SMILES string of the molecule is CC(C)c1nn(C)c2sc(C(=O)N(C3CC3)C(C)C(=O)O)cc12. The Labute approximate surface area is 138 Å². The van der Waals surface area contributed by atoms with Crippen molar-refractivity contribution >= 4 is 33.4 Å². The van der Waals surface area contributed by atoms with Gasteiger partial charge in [-0.05, 0) is 31.7 Å². The second-order valence-corrected chi connectivity index (χ2v) is 7.48. The first kappa shape index (κ1) is 16.0. The number of aromatic nitrogens is 2. The zero-order valence-corrected chi connectivity index (χ0v) is 14.6. The highest BCUT2D eigenvalue weighted by atomic mass is 32.1. The molecule has 1 saturated carbocycles. The number of thiophene rings is 1. The minimum atomic E-state index is -0.962. The van der Waals surface area contributed by atoms with Gasteiger partial charge in [-0.3, -0.25) is 9.48 Å². The Morgan fingerprint density at radius 3 is 2.57 bits per heavy atom. The molecule has 1 aliphatic rings.